The van der Waals surface area contributed by atoms with Crippen LogP contribution in [0.5, 0.6) is 0 Å². The number of fused-ring (bicyclic) bond motifs is 1. The van der Waals surface area contributed by atoms with Gasteiger partial charge in [0, 0.05) is 19.0 Å². The minimum Gasteiger partial charge on any atom is -0.393 e. The van der Waals surface area contributed by atoms with Gasteiger partial charge in [-0.1, -0.05) is 19.8 Å². The summed E-state index contributed by atoms with van der Waals surface area (Å²) in [5.41, 5.74) is 0.219. The second-order valence-electron chi connectivity index (χ2n) is 6.83. The lowest BCUT2D eigenvalue weighted by molar-refractivity contribution is 0.177. The van der Waals surface area contributed by atoms with E-state index in [1.807, 2.05) is 6.92 Å². The number of hydrogen-bond acceptors (Lipinski definition) is 4. The van der Waals surface area contributed by atoms with Gasteiger partial charge < -0.3 is 10.1 Å². The first-order chi connectivity index (χ1) is 11.5. The van der Waals surface area contributed by atoms with Crippen LogP contribution in [0.2, 0.25) is 0 Å². The summed E-state index contributed by atoms with van der Waals surface area (Å²) in [4.78, 5) is 33.2. The summed E-state index contributed by atoms with van der Waals surface area (Å²) in [6.07, 6.45) is 5.15. The molecule has 2 aromatic rings. The normalized spacial score (nSPS) is 17.0. The molecule has 132 valence electrons. The largest absolute Gasteiger partial charge is 0.393 e. The first kappa shape index (κ1) is 17.0. The van der Waals surface area contributed by atoms with Crippen molar-refractivity contribution in [3.63, 3.8) is 0 Å². The number of hydrogen-bond donors (Lipinski definition) is 2. The van der Waals surface area contributed by atoms with Crippen molar-refractivity contribution in [2.45, 2.75) is 77.5 Å². The molecule has 0 aliphatic heterocycles. The van der Waals surface area contributed by atoms with Gasteiger partial charge in [-0.15, -0.1) is 0 Å². The van der Waals surface area contributed by atoms with Crippen molar-refractivity contribution in [1.29, 1.82) is 0 Å². The first-order valence-corrected chi connectivity index (χ1v) is 8.94. The van der Waals surface area contributed by atoms with Crippen molar-refractivity contribution < 1.29 is 5.11 Å². The monoisotopic (exact) mass is 334 g/mol. The Morgan fingerprint density at radius 1 is 1.25 bits per heavy atom. The molecule has 0 bridgehead atoms. The van der Waals surface area contributed by atoms with Gasteiger partial charge in [0.1, 0.15) is 11.3 Å². The number of nitrogens with one attached hydrogen (secondary N) is 1. The number of nitrogens with zero attached hydrogens (tertiary/aromatic N) is 3. The Balaban J connectivity index is 2.16. The lowest BCUT2D eigenvalue weighted by Gasteiger charge is -2.11. The molecule has 1 saturated carbocycles. The lowest BCUT2D eigenvalue weighted by atomic mass is 10.1. The van der Waals surface area contributed by atoms with Gasteiger partial charge in [-0.2, -0.15) is 0 Å². The maximum atomic E-state index is 12.7. The summed E-state index contributed by atoms with van der Waals surface area (Å²) < 4.78 is 2.81. The van der Waals surface area contributed by atoms with Gasteiger partial charge in [0.2, 0.25) is 0 Å². The molecule has 7 nitrogen and oxygen atoms in total. The molecule has 1 aliphatic rings. The molecule has 2 heterocycles. The van der Waals surface area contributed by atoms with Crippen LogP contribution < -0.4 is 11.2 Å². The molecule has 2 N–H and O–H groups in total. The molecule has 7 heteroatoms. The number of imidazole rings is 1. The Morgan fingerprint density at radius 3 is 2.58 bits per heavy atom. The van der Waals surface area contributed by atoms with Crippen LogP contribution >= 0.6 is 0 Å². The van der Waals surface area contributed by atoms with Crippen LogP contribution in [-0.4, -0.2) is 30.3 Å². The minimum atomic E-state index is -0.508. The molecule has 1 atom stereocenters. The van der Waals surface area contributed by atoms with E-state index in [9.17, 15) is 14.7 Å². The summed E-state index contributed by atoms with van der Waals surface area (Å²) in [6, 6.07) is 0. The van der Waals surface area contributed by atoms with Crippen LogP contribution in [0, 0.1) is 0 Å². The molecule has 2 aromatic heterocycles. The van der Waals surface area contributed by atoms with Crippen molar-refractivity contribution in [2.75, 3.05) is 0 Å². The van der Waals surface area contributed by atoms with E-state index in [4.69, 9.17) is 0 Å². The number of H-pyrrole nitrogens is 1. The number of aliphatic hydroxyl groups is 1. The topological polar surface area (TPSA) is 92.9 Å². The molecular weight excluding hydrogens is 308 g/mol. The fourth-order valence-corrected chi connectivity index (χ4v) is 3.52. The van der Waals surface area contributed by atoms with E-state index in [2.05, 4.69) is 9.97 Å². The number of aromatic nitrogens is 4. The number of aromatic amines is 1. The van der Waals surface area contributed by atoms with Crippen molar-refractivity contribution in [1.82, 2.24) is 19.1 Å². The maximum absolute atomic E-state index is 12.7. The zero-order valence-electron chi connectivity index (χ0n) is 14.4. The van der Waals surface area contributed by atoms with Gasteiger partial charge in [0.25, 0.3) is 5.56 Å². The van der Waals surface area contributed by atoms with E-state index >= 15 is 0 Å². The predicted octanol–water partition coefficient (Wildman–Crippen LogP) is 1.72. The van der Waals surface area contributed by atoms with Gasteiger partial charge in [-0.25, -0.2) is 9.78 Å². The van der Waals surface area contributed by atoms with Gasteiger partial charge in [0.05, 0.1) is 6.10 Å². The van der Waals surface area contributed by atoms with Gasteiger partial charge in [-0.05, 0) is 32.6 Å². The van der Waals surface area contributed by atoms with Crippen LogP contribution in [-0.2, 0) is 13.1 Å². The summed E-state index contributed by atoms with van der Waals surface area (Å²) in [5.74, 6) is 1.16. The standard InChI is InChI=1S/C17H26N4O3/c1-3-9-21-16(23)13-15(20(17(21)24)10-8-11(2)22)19-14(18-13)12-6-4-5-7-12/h11-12,22H,3-10H2,1-2H3,(H,18,19). The Labute approximate surface area is 140 Å². The summed E-state index contributed by atoms with van der Waals surface area (Å²) in [7, 11) is 0. The zero-order chi connectivity index (χ0) is 17.3. The highest BCUT2D eigenvalue weighted by Crippen LogP contribution is 2.32. The van der Waals surface area contributed by atoms with Crippen LogP contribution in [0.25, 0.3) is 11.2 Å². The van der Waals surface area contributed by atoms with E-state index in [0.29, 0.717) is 43.0 Å². The summed E-state index contributed by atoms with van der Waals surface area (Å²) in [5, 5.41) is 9.57. The highest BCUT2D eigenvalue weighted by molar-refractivity contribution is 5.70. The van der Waals surface area contributed by atoms with Crippen LogP contribution in [0.4, 0.5) is 0 Å². The highest BCUT2D eigenvalue weighted by atomic mass is 16.3. The number of rotatable bonds is 6. The molecule has 24 heavy (non-hydrogen) atoms. The molecule has 0 aromatic carbocycles. The third-order valence-corrected chi connectivity index (χ3v) is 4.84. The first-order valence-electron chi connectivity index (χ1n) is 8.94. The minimum absolute atomic E-state index is 0.290. The third kappa shape index (κ3) is 3.05. The Bertz CT molecular complexity index is 825. The van der Waals surface area contributed by atoms with Crippen molar-refractivity contribution in [3.05, 3.63) is 26.7 Å². The Hall–Kier alpha value is -1.89. The maximum Gasteiger partial charge on any atom is 0.332 e. The van der Waals surface area contributed by atoms with E-state index < -0.39 is 6.10 Å². The van der Waals surface area contributed by atoms with E-state index in [-0.39, 0.29) is 11.2 Å². The average molecular weight is 334 g/mol. The molecule has 1 aliphatic carbocycles. The second kappa shape index (κ2) is 6.93. The van der Waals surface area contributed by atoms with Crippen molar-refractivity contribution >= 4 is 11.2 Å². The number of aliphatic hydroxyl groups excluding tert-OH is 1. The molecule has 0 amide bonds. The SMILES string of the molecule is CCCn1c(=O)c2[nH]c(C3CCCC3)nc2n(CCC(C)O)c1=O. The van der Waals surface area contributed by atoms with Gasteiger partial charge >= 0.3 is 5.69 Å². The van der Waals surface area contributed by atoms with Crippen molar-refractivity contribution in [3.8, 4) is 0 Å². The third-order valence-electron chi connectivity index (χ3n) is 4.84. The molecule has 1 fully saturated rings. The second-order valence-corrected chi connectivity index (χ2v) is 6.83. The van der Waals surface area contributed by atoms with E-state index in [0.717, 1.165) is 18.7 Å². The molecular formula is C17H26N4O3. The smallest absolute Gasteiger partial charge is 0.332 e. The fourth-order valence-electron chi connectivity index (χ4n) is 3.52. The van der Waals surface area contributed by atoms with E-state index in [1.54, 1.807) is 6.92 Å². The zero-order valence-corrected chi connectivity index (χ0v) is 14.4. The van der Waals surface area contributed by atoms with Gasteiger partial charge in [0.15, 0.2) is 5.65 Å². The Kier molecular flexibility index (Phi) is 4.89. The fraction of sp³-hybridized carbons (Fsp3) is 0.706. The van der Waals surface area contributed by atoms with Crippen LogP contribution in [0.1, 0.15) is 64.1 Å². The van der Waals surface area contributed by atoms with E-state index in [1.165, 1.54) is 22.0 Å². The quantitative estimate of drug-likeness (QED) is 0.841. The summed E-state index contributed by atoms with van der Waals surface area (Å²) in [6.45, 7) is 4.37. The predicted molar refractivity (Wildman–Crippen MR) is 92.4 cm³/mol. The average Bonchev–Trinajstić information content (AvgIpc) is 3.20. The highest BCUT2D eigenvalue weighted by Gasteiger charge is 2.23. The molecule has 0 saturated heterocycles. The Morgan fingerprint density at radius 2 is 1.96 bits per heavy atom. The van der Waals surface area contributed by atoms with Crippen molar-refractivity contribution in [2.24, 2.45) is 0 Å². The van der Waals surface area contributed by atoms with Crippen LogP contribution in [0.15, 0.2) is 9.59 Å². The summed E-state index contributed by atoms with van der Waals surface area (Å²) >= 11 is 0. The van der Waals surface area contributed by atoms with Gasteiger partial charge in [-0.3, -0.25) is 13.9 Å². The van der Waals surface area contributed by atoms with Crippen LogP contribution in [0.3, 0.4) is 0 Å². The number of aryl methyl sites for hydroxylation is 1. The molecule has 0 radical (unpaired) electrons. The molecule has 1 unspecified atom stereocenters. The lowest BCUT2D eigenvalue weighted by Crippen LogP contribution is -2.40. The molecule has 3 rings (SSSR count). The molecule has 0 spiro atoms.